The molecule has 86 valence electrons. The summed E-state index contributed by atoms with van der Waals surface area (Å²) >= 11 is 3.15. The van der Waals surface area contributed by atoms with Crippen LogP contribution in [0, 0.1) is 0 Å². The molecule has 1 nitrogen and oxygen atoms in total. The summed E-state index contributed by atoms with van der Waals surface area (Å²) < 4.78 is 37.5. The van der Waals surface area contributed by atoms with E-state index in [4.69, 9.17) is 5.73 Å². The molecule has 0 aliphatic carbocycles. The molecule has 0 aromatic heterocycles. The molecule has 0 saturated carbocycles. The maximum absolute atomic E-state index is 12.3. The third kappa shape index (κ3) is 3.66. The lowest BCUT2D eigenvalue weighted by molar-refractivity contribution is -0.137. The van der Waals surface area contributed by atoms with Crippen molar-refractivity contribution < 1.29 is 13.2 Å². The average Bonchev–Trinajstić information content (AvgIpc) is 2.02. The number of nitrogens with two attached hydrogens (primary N) is 1. The SMILES string of the molecule is C[C@H](N)c1cc(C(F)(F)F)ccc1Br.Cl. The first-order valence-corrected chi connectivity index (χ1v) is 4.74. The second-order valence-electron chi connectivity index (χ2n) is 3.02. The van der Waals surface area contributed by atoms with Gasteiger partial charge in [0.1, 0.15) is 0 Å². The number of alkyl halides is 3. The van der Waals surface area contributed by atoms with E-state index >= 15 is 0 Å². The van der Waals surface area contributed by atoms with Crippen molar-refractivity contribution in [3.63, 3.8) is 0 Å². The molecule has 2 N–H and O–H groups in total. The molecular formula is C9H10BrClF3N. The predicted molar refractivity (Wildman–Crippen MR) is 59.0 cm³/mol. The highest BCUT2D eigenvalue weighted by molar-refractivity contribution is 9.10. The highest BCUT2D eigenvalue weighted by Gasteiger charge is 2.31. The van der Waals surface area contributed by atoms with Crippen molar-refractivity contribution in [3.8, 4) is 0 Å². The van der Waals surface area contributed by atoms with Gasteiger partial charge in [-0.25, -0.2) is 0 Å². The van der Waals surface area contributed by atoms with Crippen LogP contribution in [0.15, 0.2) is 22.7 Å². The largest absolute Gasteiger partial charge is 0.416 e. The molecular weight excluding hydrogens is 294 g/mol. The summed E-state index contributed by atoms with van der Waals surface area (Å²) in [5.74, 6) is 0. The molecule has 0 heterocycles. The van der Waals surface area contributed by atoms with Gasteiger partial charge in [-0.15, -0.1) is 12.4 Å². The van der Waals surface area contributed by atoms with Gasteiger partial charge in [0.15, 0.2) is 0 Å². The molecule has 0 aliphatic rings. The Morgan fingerprint density at radius 2 is 1.87 bits per heavy atom. The summed E-state index contributed by atoms with van der Waals surface area (Å²) in [5.41, 5.74) is 5.31. The fourth-order valence-corrected chi connectivity index (χ4v) is 1.68. The molecule has 0 saturated heterocycles. The average molecular weight is 305 g/mol. The van der Waals surface area contributed by atoms with E-state index in [2.05, 4.69) is 15.9 Å². The van der Waals surface area contributed by atoms with Crippen LogP contribution in [0.4, 0.5) is 13.2 Å². The lowest BCUT2D eigenvalue weighted by Crippen LogP contribution is -2.10. The molecule has 1 aromatic rings. The van der Waals surface area contributed by atoms with Crippen molar-refractivity contribution in [1.82, 2.24) is 0 Å². The Balaban J connectivity index is 0.00000196. The van der Waals surface area contributed by atoms with E-state index in [1.807, 2.05) is 0 Å². The minimum atomic E-state index is -4.32. The molecule has 1 atom stereocenters. The quantitative estimate of drug-likeness (QED) is 0.836. The van der Waals surface area contributed by atoms with E-state index in [-0.39, 0.29) is 12.4 Å². The summed E-state index contributed by atoms with van der Waals surface area (Å²) in [6, 6.07) is 3.03. The normalized spacial score (nSPS) is 13.2. The molecule has 0 aliphatic heterocycles. The van der Waals surface area contributed by atoms with Crippen molar-refractivity contribution in [3.05, 3.63) is 33.8 Å². The van der Waals surface area contributed by atoms with E-state index in [0.29, 0.717) is 10.0 Å². The first-order chi connectivity index (χ1) is 6.32. The molecule has 0 amide bonds. The Hall–Kier alpha value is -0.260. The van der Waals surface area contributed by atoms with E-state index in [0.717, 1.165) is 12.1 Å². The number of hydrogen-bond donors (Lipinski definition) is 1. The molecule has 0 bridgehead atoms. The molecule has 1 aromatic carbocycles. The summed E-state index contributed by atoms with van der Waals surface area (Å²) in [5, 5.41) is 0. The Labute approximate surface area is 100 Å². The van der Waals surface area contributed by atoms with Gasteiger partial charge in [-0.3, -0.25) is 0 Å². The van der Waals surface area contributed by atoms with Crippen LogP contribution in [0.3, 0.4) is 0 Å². The second kappa shape index (κ2) is 5.18. The second-order valence-corrected chi connectivity index (χ2v) is 3.88. The molecule has 0 spiro atoms. The van der Waals surface area contributed by atoms with Gasteiger partial charge in [0.05, 0.1) is 5.56 Å². The van der Waals surface area contributed by atoms with Crippen LogP contribution < -0.4 is 5.73 Å². The van der Waals surface area contributed by atoms with Crippen LogP contribution in [-0.4, -0.2) is 0 Å². The number of hydrogen-bond acceptors (Lipinski definition) is 1. The maximum Gasteiger partial charge on any atom is 0.416 e. The third-order valence-corrected chi connectivity index (χ3v) is 2.54. The molecule has 15 heavy (non-hydrogen) atoms. The zero-order chi connectivity index (χ0) is 10.9. The molecule has 0 unspecified atom stereocenters. The summed E-state index contributed by atoms with van der Waals surface area (Å²) in [6.45, 7) is 1.64. The Bertz CT molecular complexity index is 339. The van der Waals surface area contributed by atoms with Crippen molar-refractivity contribution >= 4 is 28.3 Å². The number of halogens is 5. The van der Waals surface area contributed by atoms with Gasteiger partial charge in [0, 0.05) is 10.5 Å². The molecule has 1 rings (SSSR count). The van der Waals surface area contributed by atoms with Crippen LogP contribution in [0.1, 0.15) is 24.1 Å². The smallest absolute Gasteiger partial charge is 0.324 e. The molecule has 0 radical (unpaired) electrons. The van der Waals surface area contributed by atoms with Crippen LogP contribution in [0.2, 0.25) is 0 Å². The number of benzene rings is 1. The summed E-state index contributed by atoms with van der Waals surface area (Å²) in [4.78, 5) is 0. The fraction of sp³-hybridized carbons (Fsp3) is 0.333. The highest BCUT2D eigenvalue weighted by atomic mass is 79.9. The van der Waals surface area contributed by atoms with E-state index < -0.39 is 17.8 Å². The van der Waals surface area contributed by atoms with Gasteiger partial charge >= 0.3 is 6.18 Å². The molecule has 6 heteroatoms. The zero-order valence-electron chi connectivity index (χ0n) is 7.81. The standard InChI is InChI=1S/C9H9BrF3N.ClH/c1-5(14)7-4-6(9(11,12)13)2-3-8(7)10;/h2-5H,14H2,1H3;1H/t5-;/m0./s1. The van der Waals surface area contributed by atoms with Crippen LogP contribution >= 0.6 is 28.3 Å². The first-order valence-electron chi connectivity index (χ1n) is 3.94. The van der Waals surface area contributed by atoms with Gasteiger partial charge in [-0.2, -0.15) is 13.2 Å². The minimum Gasteiger partial charge on any atom is -0.324 e. The molecule has 0 fully saturated rings. The zero-order valence-corrected chi connectivity index (χ0v) is 10.2. The van der Waals surface area contributed by atoms with Gasteiger partial charge in [-0.1, -0.05) is 15.9 Å². The highest BCUT2D eigenvalue weighted by Crippen LogP contribution is 2.33. The lowest BCUT2D eigenvalue weighted by Gasteiger charge is -2.12. The maximum atomic E-state index is 12.3. The summed E-state index contributed by atoms with van der Waals surface area (Å²) in [7, 11) is 0. The van der Waals surface area contributed by atoms with Crippen LogP contribution in [0.25, 0.3) is 0 Å². The van der Waals surface area contributed by atoms with E-state index in [1.165, 1.54) is 6.07 Å². The van der Waals surface area contributed by atoms with Crippen molar-refractivity contribution in [2.45, 2.75) is 19.1 Å². The topological polar surface area (TPSA) is 26.0 Å². The van der Waals surface area contributed by atoms with E-state index in [1.54, 1.807) is 6.92 Å². The number of rotatable bonds is 1. The Kier molecular flexibility index (Phi) is 5.09. The third-order valence-electron chi connectivity index (χ3n) is 1.81. The monoisotopic (exact) mass is 303 g/mol. The van der Waals surface area contributed by atoms with Crippen LogP contribution in [-0.2, 0) is 6.18 Å². The van der Waals surface area contributed by atoms with Crippen molar-refractivity contribution in [2.75, 3.05) is 0 Å². The van der Waals surface area contributed by atoms with E-state index in [9.17, 15) is 13.2 Å². The van der Waals surface area contributed by atoms with Gasteiger partial charge in [0.2, 0.25) is 0 Å². The van der Waals surface area contributed by atoms with Crippen molar-refractivity contribution in [1.29, 1.82) is 0 Å². The fourth-order valence-electron chi connectivity index (χ4n) is 1.07. The summed E-state index contributed by atoms with van der Waals surface area (Å²) in [6.07, 6.45) is -4.32. The van der Waals surface area contributed by atoms with Gasteiger partial charge in [0.25, 0.3) is 0 Å². The Morgan fingerprint density at radius 3 is 2.27 bits per heavy atom. The van der Waals surface area contributed by atoms with Gasteiger partial charge in [-0.05, 0) is 30.7 Å². The minimum absolute atomic E-state index is 0. The predicted octanol–water partition coefficient (Wildman–Crippen LogP) is 3.91. The lowest BCUT2D eigenvalue weighted by atomic mass is 10.1. The van der Waals surface area contributed by atoms with Crippen molar-refractivity contribution in [2.24, 2.45) is 5.73 Å². The Morgan fingerprint density at radius 1 is 1.33 bits per heavy atom. The first kappa shape index (κ1) is 14.7. The van der Waals surface area contributed by atoms with Gasteiger partial charge < -0.3 is 5.73 Å². The van der Waals surface area contributed by atoms with Crippen LogP contribution in [0.5, 0.6) is 0 Å².